The Kier molecular flexibility index (Phi) is 2.79. The van der Waals surface area contributed by atoms with Gasteiger partial charge in [0.25, 0.3) is 0 Å². The molecule has 0 N–H and O–H groups in total. The molecule has 2 aliphatic rings. The first-order valence-corrected chi connectivity index (χ1v) is 5.07. The van der Waals surface area contributed by atoms with Crippen molar-refractivity contribution in [3.63, 3.8) is 0 Å². The minimum Gasteiger partial charge on any atom is -0.269 e. The molecule has 0 bridgehead atoms. The number of fused-ring (bicyclic) bond motifs is 3. The predicted octanol–water partition coefficient (Wildman–Crippen LogP) is 2.94. The summed E-state index contributed by atoms with van der Waals surface area (Å²) in [4.78, 5) is 0. The molecule has 0 aliphatic heterocycles. The largest absolute Gasteiger partial charge is 0.269 e. The summed E-state index contributed by atoms with van der Waals surface area (Å²) in [5.74, 6) is 0. The fourth-order valence-corrected chi connectivity index (χ4v) is 2.65. The maximum absolute atomic E-state index is 3.43. The third-order valence-electron chi connectivity index (χ3n) is 3.29. The van der Waals surface area contributed by atoms with Crippen molar-refractivity contribution in [1.29, 1.82) is 0 Å². The van der Waals surface area contributed by atoms with E-state index in [1.54, 1.807) is 11.1 Å². The SMILES string of the molecule is CC1=[C-]Cc2ccc3c(c21)CCC3.[Hf]. The molecule has 0 nitrogen and oxygen atoms in total. The molecule has 70 valence electrons. The van der Waals surface area contributed by atoms with E-state index < -0.39 is 0 Å². The smallest absolute Gasteiger partial charge is 0 e. The van der Waals surface area contributed by atoms with Crippen LogP contribution in [-0.4, -0.2) is 0 Å². The molecule has 0 saturated heterocycles. The Bertz CT molecular complexity index is 402. The Balaban J connectivity index is 0.000000750. The van der Waals surface area contributed by atoms with Gasteiger partial charge >= 0.3 is 0 Å². The summed E-state index contributed by atoms with van der Waals surface area (Å²) in [7, 11) is 0. The Morgan fingerprint density at radius 3 is 2.79 bits per heavy atom. The summed E-state index contributed by atoms with van der Waals surface area (Å²) in [5.41, 5.74) is 7.63. The van der Waals surface area contributed by atoms with Crippen LogP contribution >= 0.6 is 0 Å². The normalized spacial score (nSPS) is 17.1. The second-order valence-corrected chi connectivity index (χ2v) is 4.07. The number of hydrogen-bond donors (Lipinski definition) is 0. The number of benzene rings is 1. The van der Waals surface area contributed by atoms with Crippen LogP contribution < -0.4 is 0 Å². The van der Waals surface area contributed by atoms with E-state index in [0.29, 0.717) is 0 Å². The summed E-state index contributed by atoms with van der Waals surface area (Å²) in [6.45, 7) is 2.20. The average Bonchev–Trinajstić information content (AvgIpc) is 2.70. The van der Waals surface area contributed by atoms with Crippen LogP contribution in [-0.2, 0) is 45.1 Å². The summed E-state index contributed by atoms with van der Waals surface area (Å²) in [5, 5.41) is 0. The third-order valence-corrected chi connectivity index (χ3v) is 3.29. The van der Waals surface area contributed by atoms with Crippen molar-refractivity contribution in [3.05, 3.63) is 40.5 Å². The third kappa shape index (κ3) is 1.37. The van der Waals surface area contributed by atoms with Gasteiger partial charge in [0.1, 0.15) is 0 Å². The van der Waals surface area contributed by atoms with Crippen molar-refractivity contribution in [2.75, 3.05) is 0 Å². The van der Waals surface area contributed by atoms with Crippen LogP contribution in [0.2, 0.25) is 0 Å². The molecule has 0 spiro atoms. The van der Waals surface area contributed by atoms with Crippen LogP contribution in [0.4, 0.5) is 0 Å². The van der Waals surface area contributed by atoms with Gasteiger partial charge in [-0.1, -0.05) is 24.6 Å². The molecule has 0 amide bonds. The zero-order valence-electron chi connectivity index (χ0n) is 8.48. The maximum atomic E-state index is 3.43. The van der Waals surface area contributed by atoms with Gasteiger partial charge in [-0.3, -0.25) is 6.08 Å². The van der Waals surface area contributed by atoms with Crippen molar-refractivity contribution >= 4 is 5.57 Å². The fraction of sp³-hybridized carbons (Fsp3) is 0.385. The number of rotatable bonds is 0. The molecule has 3 rings (SSSR count). The van der Waals surface area contributed by atoms with Gasteiger partial charge < -0.3 is 0 Å². The molecule has 0 saturated carbocycles. The summed E-state index contributed by atoms with van der Waals surface area (Å²) < 4.78 is 0. The van der Waals surface area contributed by atoms with E-state index in [1.165, 1.54) is 36.0 Å². The summed E-state index contributed by atoms with van der Waals surface area (Å²) in [6.07, 6.45) is 8.39. The van der Waals surface area contributed by atoms with Gasteiger partial charge in [-0.15, -0.1) is 17.5 Å². The maximum Gasteiger partial charge on any atom is 0 e. The standard InChI is InChI=1S/C13H13.Hf/c1-9-5-6-11-8-7-10-3-2-4-12(10)13(9)11;/h7-8H,2-4,6H2,1H3;/q-1;. The molecular weight excluding hydrogens is 335 g/mol. The minimum absolute atomic E-state index is 0. The predicted molar refractivity (Wildman–Crippen MR) is 54.5 cm³/mol. The minimum atomic E-state index is 0. The van der Waals surface area contributed by atoms with E-state index in [1.807, 2.05) is 0 Å². The van der Waals surface area contributed by atoms with Gasteiger partial charge in [-0.25, -0.2) is 5.57 Å². The van der Waals surface area contributed by atoms with Gasteiger partial charge in [0.2, 0.25) is 0 Å². The Morgan fingerprint density at radius 1 is 1.14 bits per heavy atom. The monoisotopic (exact) mass is 349 g/mol. The molecule has 0 unspecified atom stereocenters. The molecule has 1 aromatic rings. The zero-order valence-corrected chi connectivity index (χ0v) is 12.1. The van der Waals surface area contributed by atoms with Gasteiger partial charge in [-0.05, 0) is 19.3 Å². The van der Waals surface area contributed by atoms with E-state index in [9.17, 15) is 0 Å². The molecule has 0 heterocycles. The molecule has 2 aliphatic carbocycles. The Labute approximate surface area is 104 Å². The van der Waals surface area contributed by atoms with Crippen LogP contribution in [0.5, 0.6) is 0 Å². The molecule has 1 aromatic carbocycles. The topological polar surface area (TPSA) is 0 Å². The molecular formula is C13H13Hf-. The van der Waals surface area contributed by atoms with Crippen molar-refractivity contribution in [1.82, 2.24) is 0 Å². The van der Waals surface area contributed by atoms with Crippen molar-refractivity contribution < 1.29 is 25.8 Å². The number of aryl methyl sites for hydroxylation is 1. The Morgan fingerprint density at radius 2 is 1.93 bits per heavy atom. The van der Waals surface area contributed by atoms with E-state index in [2.05, 4.69) is 25.1 Å². The van der Waals surface area contributed by atoms with Crippen LogP contribution in [0, 0.1) is 6.08 Å². The Hall–Kier alpha value is -0.170. The molecule has 0 radical (unpaired) electrons. The van der Waals surface area contributed by atoms with Crippen LogP contribution in [0.3, 0.4) is 0 Å². The molecule has 0 atom stereocenters. The number of allylic oxidation sites excluding steroid dienone is 2. The van der Waals surface area contributed by atoms with Gasteiger partial charge in [0.05, 0.1) is 0 Å². The average molecular weight is 348 g/mol. The first kappa shape index (κ1) is 10.4. The molecule has 14 heavy (non-hydrogen) atoms. The van der Waals surface area contributed by atoms with Gasteiger partial charge in [0.15, 0.2) is 0 Å². The molecule has 0 fully saturated rings. The van der Waals surface area contributed by atoms with Crippen LogP contribution in [0.25, 0.3) is 5.57 Å². The second kappa shape index (κ2) is 3.77. The first-order chi connectivity index (χ1) is 6.36. The zero-order chi connectivity index (χ0) is 8.84. The van der Waals surface area contributed by atoms with E-state index in [0.717, 1.165) is 6.42 Å². The van der Waals surface area contributed by atoms with Crippen molar-refractivity contribution in [2.24, 2.45) is 0 Å². The first-order valence-electron chi connectivity index (χ1n) is 5.07. The van der Waals surface area contributed by atoms with Crippen LogP contribution in [0.15, 0.2) is 12.1 Å². The molecule has 1 heteroatoms. The fourth-order valence-electron chi connectivity index (χ4n) is 2.65. The van der Waals surface area contributed by atoms with Gasteiger partial charge in [-0.2, -0.15) is 5.56 Å². The quantitative estimate of drug-likeness (QED) is 0.500. The number of hydrogen-bond acceptors (Lipinski definition) is 0. The molecule has 0 aromatic heterocycles. The van der Waals surface area contributed by atoms with Crippen molar-refractivity contribution in [2.45, 2.75) is 32.6 Å². The van der Waals surface area contributed by atoms with Gasteiger partial charge in [0, 0.05) is 25.8 Å². The van der Waals surface area contributed by atoms with E-state index in [-0.39, 0.29) is 25.8 Å². The van der Waals surface area contributed by atoms with E-state index >= 15 is 0 Å². The summed E-state index contributed by atoms with van der Waals surface area (Å²) >= 11 is 0. The second-order valence-electron chi connectivity index (χ2n) is 4.07. The van der Waals surface area contributed by atoms with Crippen LogP contribution in [0.1, 0.15) is 35.6 Å². The van der Waals surface area contributed by atoms with E-state index in [4.69, 9.17) is 0 Å². The summed E-state index contributed by atoms with van der Waals surface area (Å²) in [6, 6.07) is 4.62. The van der Waals surface area contributed by atoms with Crippen molar-refractivity contribution in [3.8, 4) is 0 Å².